The summed E-state index contributed by atoms with van der Waals surface area (Å²) in [5, 5.41) is 0. The van der Waals surface area contributed by atoms with Crippen molar-refractivity contribution < 1.29 is 13.2 Å². The number of imidazole rings is 1. The zero-order valence-corrected chi connectivity index (χ0v) is 11.0. The first-order valence-corrected chi connectivity index (χ1v) is 6.68. The SMILES string of the molecule is NCC1(c2nc3ccccc3n2CC(F)(F)F)CCC1. The highest BCUT2D eigenvalue weighted by Gasteiger charge is 2.43. The topological polar surface area (TPSA) is 43.8 Å². The molecule has 0 spiro atoms. The van der Waals surface area contributed by atoms with Gasteiger partial charge in [-0.25, -0.2) is 4.98 Å². The highest BCUT2D eigenvalue weighted by molar-refractivity contribution is 5.76. The predicted molar refractivity (Wildman–Crippen MR) is 70.4 cm³/mol. The van der Waals surface area contributed by atoms with Crippen molar-refractivity contribution in [3.8, 4) is 0 Å². The van der Waals surface area contributed by atoms with Crippen molar-refractivity contribution in [1.82, 2.24) is 9.55 Å². The fraction of sp³-hybridized carbons (Fsp3) is 0.500. The molecule has 3 nitrogen and oxygen atoms in total. The van der Waals surface area contributed by atoms with Crippen molar-refractivity contribution >= 4 is 11.0 Å². The highest BCUT2D eigenvalue weighted by Crippen LogP contribution is 2.43. The minimum atomic E-state index is -4.27. The number of nitrogens with zero attached hydrogens (tertiary/aromatic N) is 2. The van der Waals surface area contributed by atoms with E-state index in [0.29, 0.717) is 23.4 Å². The molecule has 0 bridgehead atoms. The molecule has 3 rings (SSSR count). The second-order valence-corrected chi connectivity index (χ2v) is 5.46. The monoisotopic (exact) mass is 283 g/mol. The van der Waals surface area contributed by atoms with E-state index in [4.69, 9.17) is 5.73 Å². The molecule has 1 aliphatic carbocycles. The fourth-order valence-corrected chi connectivity index (χ4v) is 2.94. The summed E-state index contributed by atoms with van der Waals surface area (Å²) in [6, 6.07) is 6.94. The largest absolute Gasteiger partial charge is 0.406 e. The van der Waals surface area contributed by atoms with Crippen molar-refractivity contribution in [1.29, 1.82) is 0 Å². The van der Waals surface area contributed by atoms with E-state index < -0.39 is 12.7 Å². The zero-order valence-electron chi connectivity index (χ0n) is 11.0. The van der Waals surface area contributed by atoms with E-state index in [1.807, 2.05) is 0 Å². The van der Waals surface area contributed by atoms with Crippen molar-refractivity contribution in [2.75, 3.05) is 6.54 Å². The Morgan fingerprint density at radius 2 is 1.95 bits per heavy atom. The molecule has 0 aliphatic heterocycles. The summed E-state index contributed by atoms with van der Waals surface area (Å²) in [6.45, 7) is -0.668. The number of halogens is 3. The average molecular weight is 283 g/mol. The van der Waals surface area contributed by atoms with Gasteiger partial charge < -0.3 is 10.3 Å². The Bertz CT molecular complexity index is 621. The third kappa shape index (κ3) is 2.08. The molecular weight excluding hydrogens is 267 g/mol. The maximum absolute atomic E-state index is 12.9. The van der Waals surface area contributed by atoms with E-state index in [-0.39, 0.29) is 5.41 Å². The van der Waals surface area contributed by atoms with Gasteiger partial charge in [0.05, 0.1) is 11.0 Å². The van der Waals surface area contributed by atoms with E-state index in [9.17, 15) is 13.2 Å². The number of hydrogen-bond donors (Lipinski definition) is 1. The second kappa shape index (κ2) is 4.48. The minimum Gasteiger partial charge on any atom is -0.329 e. The molecule has 1 aromatic heterocycles. The van der Waals surface area contributed by atoms with E-state index in [2.05, 4.69) is 4.98 Å². The number of benzene rings is 1. The number of nitrogens with two attached hydrogens (primary N) is 1. The number of hydrogen-bond acceptors (Lipinski definition) is 2. The third-order valence-electron chi connectivity index (χ3n) is 4.17. The van der Waals surface area contributed by atoms with Gasteiger partial charge in [0.15, 0.2) is 0 Å². The Kier molecular flexibility index (Phi) is 3.01. The van der Waals surface area contributed by atoms with Crippen LogP contribution in [0.4, 0.5) is 13.2 Å². The number of alkyl halides is 3. The molecule has 0 radical (unpaired) electrons. The molecule has 0 amide bonds. The molecule has 0 saturated heterocycles. The predicted octanol–water partition coefficient (Wildman–Crippen LogP) is 2.98. The first-order chi connectivity index (χ1) is 9.45. The summed E-state index contributed by atoms with van der Waals surface area (Å²) in [4.78, 5) is 4.44. The van der Waals surface area contributed by atoms with Crippen LogP contribution in [-0.4, -0.2) is 22.3 Å². The molecule has 1 fully saturated rings. The number of para-hydroxylation sites is 2. The van der Waals surface area contributed by atoms with Crippen LogP contribution in [0.3, 0.4) is 0 Å². The molecule has 1 heterocycles. The van der Waals surface area contributed by atoms with Gasteiger partial charge in [0.25, 0.3) is 0 Å². The zero-order chi connectivity index (χ0) is 14.4. The van der Waals surface area contributed by atoms with E-state index in [0.717, 1.165) is 19.3 Å². The molecule has 1 aliphatic rings. The van der Waals surface area contributed by atoms with Crippen LogP contribution < -0.4 is 5.73 Å². The van der Waals surface area contributed by atoms with Gasteiger partial charge in [-0.3, -0.25) is 0 Å². The summed E-state index contributed by atoms with van der Waals surface area (Å²) >= 11 is 0. The molecule has 2 aromatic rings. The van der Waals surface area contributed by atoms with Crippen LogP contribution in [0.25, 0.3) is 11.0 Å². The fourth-order valence-electron chi connectivity index (χ4n) is 2.94. The normalized spacial score (nSPS) is 18.2. The molecule has 108 valence electrons. The standard InChI is InChI=1S/C14H16F3N3/c15-14(16,17)9-20-11-5-2-1-4-10(11)19-12(20)13(8-18)6-3-7-13/h1-2,4-5H,3,6-9,18H2. The third-order valence-corrected chi connectivity index (χ3v) is 4.17. The summed E-state index contributed by atoms with van der Waals surface area (Å²) in [5.74, 6) is 0.491. The molecule has 2 N–H and O–H groups in total. The van der Waals surface area contributed by atoms with Crippen LogP contribution in [0, 0.1) is 0 Å². The van der Waals surface area contributed by atoms with Crippen LogP contribution in [0.15, 0.2) is 24.3 Å². The van der Waals surface area contributed by atoms with Crippen LogP contribution in [0.2, 0.25) is 0 Å². The summed E-state index contributed by atoms with van der Waals surface area (Å²) in [6.07, 6.45) is -1.65. The van der Waals surface area contributed by atoms with E-state index >= 15 is 0 Å². The van der Waals surface area contributed by atoms with Crippen LogP contribution in [0.1, 0.15) is 25.1 Å². The van der Waals surface area contributed by atoms with Crippen molar-refractivity contribution in [2.45, 2.75) is 37.4 Å². The van der Waals surface area contributed by atoms with Gasteiger partial charge in [0.2, 0.25) is 0 Å². The van der Waals surface area contributed by atoms with Gasteiger partial charge in [-0.1, -0.05) is 18.6 Å². The van der Waals surface area contributed by atoms with Gasteiger partial charge in [-0.05, 0) is 25.0 Å². The van der Waals surface area contributed by atoms with Crippen molar-refractivity contribution in [3.05, 3.63) is 30.1 Å². The second-order valence-electron chi connectivity index (χ2n) is 5.46. The van der Waals surface area contributed by atoms with Crippen LogP contribution in [-0.2, 0) is 12.0 Å². The van der Waals surface area contributed by atoms with E-state index in [1.54, 1.807) is 24.3 Å². The lowest BCUT2D eigenvalue weighted by atomic mass is 9.68. The van der Waals surface area contributed by atoms with Gasteiger partial charge in [0, 0.05) is 12.0 Å². The highest BCUT2D eigenvalue weighted by atomic mass is 19.4. The lowest BCUT2D eigenvalue weighted by Crippen LogP contribution is -2.44. The molecule has 1 saturated carbocycles. The number of aromatic nitrogens is 2. The van der Waals surface area contributed by atoms with Crippen molar-refractivity contribution in [2.24, 2.45) is 5.73 Å². The van der Waals surface area contributed by atoms with E-state index in [1.165, 1.54) is 4.57 Å². The lowest BCUT2D eigenvalue weighted by molar-refractivity contribution is -0.140. The Hall–Kier alpha value is -1.56. The van der Waals surface area contributed by atoms with Crippen molar-refractivity contribution in [3.63, 3.8) is 0 Å². The molecular formula is C14H16F3N3. The number of fused-ring (bicyclic) bond motifs is 1. The Morgan fingerprint density at radius 1 is 1.25 bits per heavy atom. The summed E-state index contributed by atoms with van der Waals surface area (Å²) < 4.78 is 39.9. The summed E-state index contributed by atoms with van der Waals surface area (Å²) in [5.41, 5.74) is 6.57. The molecule has 20 heavy (non-hydrogen) atoms. The first kappa shape index (κ1) is 13.4. The smallest absolute Gasteiger partial charge is 0.329 e. The summed E-state index contributed by atoms with van der Waals surface area (Å²) in [7, 11) is 0. The minimum absolute atomic E-state index is 0.341. The molecule has 6 heteroatoms. The van der Waals surface area contributed by atoms with Gasteiger partial charge >= 0.3 is 6.18 Å². The maximum atomic E-state index is 12.9. The quantitative estimate of drug-likeness (QED) is 0.941. The molecule has 0 atom stereocenters. The average Bonchev–Trinajstić information content (AvgIpc) is 2.67. The Balaban J connectivity index is 2.17. The molecule has 0 unspecified atom stereocenters. The first-order valence-electron chi connectivity index (χ1n) is 6.68. The maximum Gasteiger partial charge on any atom is 0.406 e. The van der Waals surface area contributed by atoms with Crippen LogP contribution >= 0.6 is 0 Å². The number of rotatable bonds is 3. The Labute approximate surface area is 114 Å². The lowest BCUT2D eigenvalue weighted by Gasteiger charge is -2.40. The van der Waals surface area contributed by atoms with Gasteiger partial charge in [-0.2, -0.15) is 13.2 Å². The molecule has 1 aromatic carbocycles. The Morgan fingerprint density at radius 3 is 2.50 bits per heavy atom. The van der Waals surface area contributed by atoms with Gasteiger partial charge in [0.1, 0.15) is 12.4 Å². The van der Waals surface area contributed by atoms with Gasteiger partial charge in [-0.15, -0.1) is 0 Å². The van der Waals surface area contributed by atoms with Crippen LogP contribution in [0.5, 0.6) is 0 Å².